The first kappa shape index (κ1) is 14.5. The van der Waals surface area contributed by atoms with Crippen LogP contribution in [0.3, 0.4) is 0 Å². The lowest BCUT2D eigenvalue weighted by atomic mass is 10.1. The third-order valence-electron chi connectivity index (χ3n) is 4.78. The largest absolute Gasteiger partial charge is 0.341 e. The Kier molecular flexibility index (Phi) is 3.25. The minimum absolute atomic E-state index is 0.964. The van der Waals surface area contributed by atoms with Crippen LogP contribution in [0.1, 0.15) is 6.92 Å². The average Bonchev–Trinajstić information content (AvgIpc) is 3.38. The molecule has 0 fully saturated rings. The number of hydrogen-bond donors (Lipinski definition) is 0. The lowest BCUT2D eigenvalue weighted by Crippen LogP contribution is -1.98. The van der Waals surface area contributed by atoms with Gasteiger partial charge in [-0.2, -0.15) is 16.4 Å². The smallest absolute Gasteiger partial charge is 0.0749 e. The number of thiophene rings is 1. The van der Waals surface area contributed by atoms with E-state index in [0.29, 0.717) is 0 Å². The highest BCUT2D eigenvalue weighted by Gasteiger charge is 2.12. The van der Waals surface area contributed by atoms with Gasteiger partial charge >= 0.3 is 0 Å². The summed E-state index contributed by atoms with van der Waals surface area (Å²) >= 11 is 1.71. The normalized spacial score (nSPS) is 11.6. The highest BCUT2D eigenvalue weighted by Crippen LogP contribution is 2.32. The Morgan fingerprint density at radius 3 is 2.68 bits per heavy atom. The molecule has 0 radical (unpaired) electrons. The molecule has 0 aliphatic heterocycles. The van der Waals surface area contributed by atoms with E-state index in [2.05, 4.69) is 81.9 Å². The zero-order valence-corrected chi connectivity index (χ0v) is 14.7. The first-order valence-electron chi connectivity index (χ1n) is 8.45. The maximum absolute atomic E-state index is 4.57. The highest BCUT2D eigenvalue weighted by atomic mass is 32.1. The fourth-order valence-corrected chi connectivity index (χ4v) is 4.30. The SMILES string of the molecule is CCn1c2ccccc2c2cc(-n3nccc3-c3ccsc3)ccc21. The van der Waals surface area contributed by atoms with Crippen LogP contribution in [0.15, 0.2) is 71.6 Å². The van der Waals surface area contributed by atoms with Gasteiger partial charge in [0.25, 0.3) is 0 Å². The van der Waals surface area contributed by atoms with Crippen molar-refractivity contribution in [3.63, 3.8) is 0 Å². The van der Waals surface area contributed by atoms with Crippen molar-refractivity contribution in [2.45, 2.75) is 13.5 Å². The second-order valence-corrected chi connectivity index (χ2v) is 6.88. The van der Waals surface area contributed by atoms with Gasteiger partial charge in [0, 0.05) is 39.3 Å². The fourth-order valence-electron chi connectivity index (χ4n) is 3.65. The molecular formula is C21H17N3S. The van der Waals surface area contributed by atoms with Crippen molar-refractivity contribution in [1.82, 2.24) is 14.3 Å². The van der Waals surface area contributed by atoms with E-state index in [1.54, 1.807) is 11.3 Å². The molecule has 0 N–H and O–H groups in total. The molecular weight excluding hydrogens is 326 g/mol. The predicted molar refractivity (Wildman–Crippen MR) is 106 cm³/mol. The molecule has 25 heavy (non-hydrogen) atoms. The molecule has 5 aromatic rings. The van der Waals surface area contributed by atoms with Gasteiger partial charge < -0.3 is 4.57 Å². The van der Waals surface area contributed by atoms with Gasteiger partial charge in [0.05, 0.1) is 17.6 Å². The lowest BCUT2D eigenvalue weighted by Gasteiger charge is -2.08. The Labute approximate surface area is 149 Å². The van der Waals surface area contributed by atoms with Gasteiger partial charge in [0.15, 0.2) is 0 Å². The summed E-state index contributed by atoms with van der Waals surface area (Å²) in [4.78, 5) is 0. The predicted octanol–water partition coefficient (Wildman–Crippen LogP) is 5.73. The standard InChI is InChI=1S/C21H17N3S/c1-2-23-20-6-4-3-5-17(20)18-13-16(7-8-21(18)23)24-19(9-11-22-24)15-10-12-25-14-15/h3-14H,2H2,1H3. The molecule has 122 valence electrons. The zero-order valence-electron chi connectivity index (χ0n) is 13.9. The lowest BCUT2D eigenvalue weighted by molar-refractivity contribution is 0.826. The van der Waals surface area contributed by atoms with Gasteiger partial charge in [0.2, 0.25) is 0 Å². The maximum atomic E-state index is 4.57. The van der Waals surface area contributed by atoms with Crippen molar-refractivity contribution >= 4 is 33.1 Å². The summed E-state index contributed by atoms with van der Waals surface area (Å²) < 4.78 is 4.40. The molecule has 0 unspecified atom stereocenters. The second-order valence-electron chi connectivity index (χ2n) is 6.10. The third-order valence-corrected chi connectivity index (χ3v) is 5.46. The summed E-state index contributed by atoms with van der Waals surface area (Å²) in [6.07, 6.45) is 1.87. The number of fused-ring (bicyclic) bond motifs is 3. The molecule has 0 saturated carbocycles. The van der Waals surface area contributed by atoms with Crippen LogP contribution in [0.5, 0.6) is 0 Å². The molecule has 0 spiro atoms. The highest BCUT2D eigenvalue weighted by molar-refractivity contribution is 7.08. The van der Waals surface area contributed by atoms with Crippen molar-refractivity contribution in [3.05, 3.63) is 71.6 Å². The zero-order chi connectivity index (χ0) is 16.8. The Morgan fingerprint density at radius 1 is 0.960 bits per heavy atom. The number of benzene rings is 2. The minimum Gasteiger partial charge on any atom is -0.341 e. The van der Waals surface area contributed by atoms with Crippen molar-refractivity contribution < 1.29 is 0 Å². The molecule has 0 atom stereocenters. The number of nitrogens with zero attached hydrogens (tertiary/aromatic N) is 3. The van der Waals surface area contributed by atoms with E-state index in [0.717, 1.165) is 17.9 Å². The molecule has 3 nitrogen and oxygen atoms in total. The van der Waals surface area contributed by atoms with Crippen molar-refractivity contribution in [3.8, 4) is 16.9 Å². The molecule has 0 aliphatic rings. The van der Waals surface area contributed by atoms with Crippen molar-refractivity contribution in [2.75, 3.05) is 0 Å². The van der Waals surface area contributed by atoms with Crippen LogP contribution in [0.25, 0.3) is 38.8 Å². The second kappa shape index (κ2) is 5.60. The van der Waals surface area contributed by atoms with E-state index in [9.17, 15) is 0 Å². The molecule has 2 aromatic carbocycles. The van der Waals surface area contributed by atoms with Gasteiger partial charge in [-0.25, -0.2) is 4.68 Å². The minimum atomic E-state index is 0.964. The Hall–Kier alpha value is -2.85. The van der Waals surface area contributed by atoms with Crippen LogP contribution in [0.2, 0.25) is 0 Å². The molecule has 3 aromatic heterocycles. The number of para-hydroxylation sites is 1. The molecule has 4 heteroatoms. The van der Waals surface area contributed by atoms with Gasteiger partial charge in [-0.1, -0.05) is 18.2 Å². The van der Waals surface area contributed by atoms with E-state index in [1.807, 2.05) is 10.9 Å². The van der Waals surface area contributed by atoms with Crippen LogP contribution >= 0.6 is 11.3 Å². The van der Waals surface area contributed by atoms with Gasteiger partial charge in [-0.05, 0) is 48.7 Å². The van der Waals surface area contributed by atoms with Crippen LogP contribution < -0.4 is 0 Å². The van der Waals surface area contributed by atoms with Crippen LogP contribution in [0, 0.1) is 0 Å². The summed E-state index contributed by atoms with van der Waals surface area (Å²) in [6, 6.07) is 19.5. The third kappa shape index (κ3) is 2.14. The Bertz CT molecular complexity index is 1180. The molecule has 0 saturated heterocycles. The average molecular weight is 343 g/mol. The number of rotatable bonds is 3. The molecule has 5 rings (SSSR count). The van der Waals surface area contributed by atoms with Gasteiger partial charge in [0.1, 0.15) is 0 Å². The first-order valence-corrected chi connectivity index (χ1v) is 9.39. The summed E-state index contributed by atoms with van der Waals surface area (Å²) in [6.45, 7) is 3.16. The van der Waals surface area contributed by atoms with E-state index in [1.165, 1.54) is 27.4 Å². The molecule has 3 heterocycles. The topological polar surface area (TPSA) is 22.8 Å². The fraction of sp³-hybridized carbons (Fsp3) is 0.0952. The van der Waals surface area contributed by atoms with E-state index >= 15 is 0 Å². The monoisotopic (exact) mass is 343 g/mol. The maximum Gasteiger partial charge on any atom is 0.0749 e. The summed E-state index contributed by atoms with van der Waals surface area (Å²) in [7, 11) is 0. The van der Waals surface area contributed by atoms with Crippen molar-refractivity contribution in [1.29, 1.82) is 0 Å². The van der Waals surface area contributed by atoms with E-state index in [4.69, 9.17) is 0 Å². The molecule has 0 aliphatic carbocycles. The molecule has 0 bridgehead atoms. The summed E-state index contributed by atoms with van der Waals surface area (Å²) in [5, 5.41) is 11.4. The quantitative estimate of drug-likeness (QED) is 0.410. The summed E-state index contributed by atoms with van der Waals surface area (Å²) in [5.41, 5.74) is 5.99. The van der Waals surface area contributed by atoms with Crippen LogP contribution in [0.4, 0.5) is 0 Å². The van der Waals surface area contributed by atoms with Crippen LogP contribution in [-0.4, -0.2) is 14.3 Å². The Balaban J connectivity index is 1.77. The van der Waals surface area contributed by atoms with E-state index in [-0.39, 0.29) is 0 Å². The van der Waals surface area contributed by atoms with E-state index < -0.39 is 0 Å². The number of aryl methyl sites for hydroxylation is 1. The molecule has 0 amide bonds. The van der Waals surface area contributed by atoms with Gasteiger partial charge in [-0.15, -0.1) is 0 Å². The number of hydrogen-bond acceptors (Lipinski definition) is 2. The van der Waals surface area contributed by atoms with Gasteiger partial charge in [-0.3, -0.25) is 0 Å². The Morgan fingerprint density at radius 2 is 1.84 bits per heavy atom. The van der Waals surface area contributed by atoms with Crippen LogP contribution in [-0.2, 0) is 6.54 Å². The number of aromatic nitrogens is 3. The first-order chi connectivity index (χ1) is 12.4. The summed E-state index contributed by atoms with van der Waals surface area (Å²) in [5.74, 6) is 0. The van der Waals surface area contributed by atoms with Crippen molar-refractivity contribution in [2.24, 2.45) is 0 Å².